The minimum Gasteiger partial charge on any atom is -0.336 e. The highest BCUT2D eigenvalue weighted by Crippen LogP contribution is 2.15. The molecule has 26 heavy (non-hydrogen) atoms. The van der Waals surface area contributed by atoms with Crippen LogP contribution in [-0.2, 0) is 20.1 Å². The molecule has 0 saturated heterocycles. The number of carbonyl (C=O) groups excluding carboxylic acids is 1. The predicted molar refractivity (Wildman–Crippen MR) is 96.1 cm³/mol. The lowest BCUT2D eigenvalue weighted by molar-refractivity contribution is 0.0783. The van der Waals surface area contributed by atoms with Gasteiger partial charge >= 0.3 is 0 Å². The summed E-state index contributed by atoms with van der Waals surface area (Å²) in [5, 5.41) is 13.2. The minimum atomic E-state index is -0.165. The number of nitrogens with zero attached hydrogens (tertiary/aromatic N) is 7. The standard InChI is InChI=1S/C18H21N7O/c1-12(2)9-25-11-21-16-5-13(8-20-17(16)25)18(26)23(3)10-14-6-15(7-19)24(4)22-14/h5-6,8,11-12H,9-10H2,1-4H3. The number of imidazole rings is 1. The van der Waals surface area contributed by atoms with Gasteiger partial charge in [-0.05, 0) is 18.1 Å². The summed E-state index contributed by atoms with van der Waals surface area (Å²) in [5.41, 5.74) is 3.08. The van der Waals surface area contributed by atoms with Gasteiger partial charge in [0.25, 0.3) is 5.91 Å². The maximum absolute atomic E-state index is 12.7. The van der Waals surface area contributed by atoms with Crippen molar-refractivity contribution in [2.75, 3.05) is 7.05 Å². The highest BCUT2D eigenvalue weighted by atomic mass is 16.2. The van der Waals surface area contributed by atoms with Gasteiger partial charge in [0.2, 0.25) is 0 Å². The van der Waals surface area contributed by atoms with E-state index in [1.807, 2.05) is 4.57 Å². The van der Waals surface area contributed by atoms with Crippen molar-refractivity contribution in [1.29, 1.82) is 5.26 Å². The highest BCUT2D eigenvalue weighted by Gasteiger charge is 2.16. The van der Waals surface area contributed by atoms with Gasteiger partial charge in [-0.3, -0.25) is 9.48 Å². The monoisotopic (exact) mass is 351 g/mol. The van der Waals surface area contributed by atoms with Crippen molar-refractivity contribution in [1.82, 2.24) is 29.2 Å². The molecule has 0 atom stereocenters. The third-order valence-corrected chi connectivity index (χ3v) is 4.06. The van der Waals surface area contributed by atoms with Crippen LogP contribution in [0.2, 0.25) is 0 Å². The van der Waals surface area contributed by atoms with Gasteiger partial charge in [0.15, 0.2) is 5.65 Å². The number of carbonyl (C=O) groups is 1. The van der Waals surface area contributed by atoms with Crippen LogP contribution in [0, 0.1) is 17.2 Å². The van der Waals surface area contributed by atoms with Crippen molar-refractivity contribution >= 4 is 17.1 Å². The van der Waals surface area contributed by atoms with Crippen molar-refractivity contribution in [2.45, 2.75) is 26.9 Å². The molecule has 134 valence electrons. The van der Waals surface area contributed by atoms with Crippen LogP contribution in [-0.4, -0.2) is 42.2 Å². The first kappa shape index (κ1) is 17.6. The number of aromatic nitrogens is 5. The lowest BCUT2D eigenvalue weighted by Gasteiger charge is -2.15. The smallest absolute Gasteiger partial charge is 0.255 e. The molecular weight excluding hydrogens is 330 g/mol. The second-order valence-corrected chi connectivity index (χ2v) is 6.78. The number of pyridine rings is 1. The van der Waals surface area contributed by atoms with Crippen LogP contribution in [0.3, 0.4) is 0 Å². The van der Waals surface area contributed by atoms with Crippen LogP contribution in [0.4, 0.5) is 0 Å². The Bertz CT molecular complexity index is 993. The first-order valence-corrected chi connectivity index (χ1v) is 8.38. The molecule has 3 heterocycles. The van der Waals surface area contributed by atoms with Gasteiger partial charge in [-0.25, -0.2) is 9.97 Å². The molecule has 0 spiro atoms. The van der Waals surface area contributed by atoms with E-state index in [-0.39, 0.29) is 5.91 Å². The van der Waals surface area contributed by atoms with Crippen molar-refractivity contribution in [3.8, 4) is 6.07 Å². The summed E-state index contributed by atoms with van der Waals surface area (Å²) in [6, 6.07) is 5.50. The van der Waals surface area contributed by atoms with Gasteiger partial charge in [-0.1, -0.05) is 13.8 Å². The topological polar surface area (TPSA) is 92.6 Å². The average molecular weight is 351 g/mol. The fourth-order valence-electron chi connectivity index (χ4n) is 2.84. The van der Waals surface area contributed by atoms with E-state index in [2.05, 4.69) is 35.0 Å². The first-order valence-electron chi connectivity index (χ1n) is 8.38. The van der Waals surface area contributed by atoms with E-state index >= 15 is 0 Å². The minimum absolute atomic E-state index is 0.165. The molecule has 0 unspecified atom stereocenters. The number of hydrogen-bond donors (Lipinski definition) is 0. The zero-order valence-electron chi connectivity index (χ0n) is 15.3. The molecule has 1 amide bonds. The Morgan fingerprint density at radius 1 is 1.35 bits per heavy atom. The molecule has 0 aliphatic rings. The highest BCUT2D eigenvalue weighted by molar-refractivity contribution is 5.96. The van der Waals surface area contributed by atoms with Crippen LogP contribution in [0.5, 0.6) is 0 Å². The lowest BCUT2D eigenvalue weighted by Crippen LogP contribution is -2.26. The Morgan fingerprint density at radius 2 is 2.12 bits per heavy atom. The molecular formula is C18H21N7O. The number of amides is 1. The predicted octanol–water partition coefficient (Wildman–Crippen LogP) is 1.96. The summed E-state index contributed by atoms with van der Waals surface area (Å²) in [5.74, 6) is 0.320. The van der Waals surface area contributed by atoms with E-state index in [1.165, 1.54) is 4.68 Å². The van der Waals surface area contributed by atoms with Gasteiger partial charge in [-0.2, -0.15) is 10.4 Å². The van der Waals surface area contributed by atoms with Crippen LogP contribution in [0.1, 0.15) is 35.6 Å². The zero-order valence-corrected chi connectivity index (χ0v) is 15.3. The number of rotatable bonds is 5. The van der Waals surface area contributed by atoms with Gasteiger partial charge in [-0.15, -0.1) is 0 Å². The quantitative estimate of drug-likeness (QED) is 0.700. The largest absolute Gasteiger partial charge is 0.336 e. The van der Waals surface area contributed by atoms with E-state index in [9.17, 15) is 4.79 Å². The molecule has 0 N–H and O–H groups in total. The number of fused-ring (bicyclic) bond motifs is 1. The molecule has 3 rings (SSSR count). The Balaban J connectivity index is 1.79. The fourth-order valence-corrected chi connectivity index (χ4v) is 2.84. The normalized spacial score (nSPS) is 11.1. The average Bonchev–Trinajstić information content (AvgIpc) is 3.16. The summed E-state index contributed by atoms with van der Waals surface area (Å²) in [4.78, 5) is 23.0. The molecule has 3 aromatic rings. The van der Waals surface area contributed by atoms with E-state index in [1.54, 1.807) is 43.7 Å². The summed E-state index contributed by atoms with van der Waals surface area (Å²) < 4.78 is 3.50. The van der Waals surface area contributed by atoms with Crippen molar-refractivity contribution in [2.24, 2.45) is 13.0 Å². The Hall–Kier alpha value is -3.21. The molecule has 3 aromatic heterocycles. The molecule has 0 fully saturated rings. The lowest BCUT2D eigenvalue weighted by atomic mass is 10.2. The summed E-state index contributed by atoms with van der Waals surface area (Å²) in [7, 11) is 3.40. The van der Waals surface area contributed by atoms with Crippen LogP contribution >= 0.6 is 0 Å². The molecule has 0 aliphatic carbocycles. The van der Waals surface area contributed by atoms with E-state index in [4.69, 9.17) is 5.26 Å². The third-order valence-electron chi connectivity index (χ3n) is 4.06. The zero-order chi connectivity index (χ0) is 18.8. The Morgan fingerprint density at radius 3 is 2.77 bits per heavy atom. The Kier molecular flexibility index (Phi) is 4.71. The van der Waals surface area contributed by atoms with E-state index < -0.39 is 0 Å². The third kappa shape index (κ3) is 3.42. The molecule has 0 aliphatic heterocycles. The van der Waals surface area contributed by atoms with Crippen LogP contribution < -0.4 is 0 Å². The van der Waals surface area contributed by atoms with E-state index in [0.29, 0.717) is 34.9 Å². The summed E-state index contributed by atoms with van der Waals surface area (Å²) in [6.45, 7) is 5.41. The second-order valence-electron chi connectivity index (χ2n) is 6.78. The molecule has 0 saturated carbocycles. The molecule has 0 bridgehead atoms. The molecule has 0 radical (unpaired) electrons. The van der Waals surface area contributed by atoms with Gasteiger partial charge in [0.05, 0.1) is 24.1 Å². The summed E-state index contributed by atoms with van der Waals surface area (Å²) >= 11 is 0. The molecule has 0 aromatic carbocycles. The molecule has 8 nitrogen and oxygen atoms in total. The maximum Gasteiger partial charge on any atom is 0.255 e. The maximum atomic E-state index is 12.7. The van der Waals surface area contributed by atoms with Gasteiger partial charge in [0, 0.05) is 26.8 Å². The van der Waals surface area contributed by atoms with Crippen molar-refractivity contribution < 1.29 is 4.79 Å². The fraction of sp³-hybridized carbons (Fsp3) is 0.389. The first-order chi connectivity index (χ1) is 12.4. The second kappa shape index (κ2) is 6.96. The SMILES string of the molecule is CC(C)Cn1cnc2cc(C(=O)N(C)Cc3cc(C#N)n(C)n3)cnc21. The van der Waals surface area contributed by atoms with E-state index in [0.717, 1.165) is 12.2 Å². The Labute approximate surface area is 151 Å². The van der Waals surface area contributed by atoms with Gasteiger partial charge in [0.1, 0.15) is 17.3 Å². The van der Waals surface area contributed by atoms with Crippen molar-refractivity contribution in [3.63, 3.8) is 0 Å². The molecule has 8 heteroatoms. The number of nitriles is 1. The van der Waals surface area contributed by atoms with Crippen LogP contribution in [0.25, 0.3) is 11.2 Å². The van der Waals surface area contributed by atoms with Gasteiger partial charge < -0.3 is 9.47 Å². The van der Waals surface area contributed by atoms with Crippen molar-refractivity contribution in [3.05, 3.63) is 41.6 Å². The van der Waals surface area contributed by atoms with Crippen LogP contribution in [0.15, 0.2) is 24.7 Å². The number of aryl methyl sites for hydroxylation is 1. The number of hydrogen-bond acceptors (Lipinski definition) is 5. The summed E-state index contributed by atoms with van der Waals surface area (Å²) in [6.07, 6.45) is 3.34.